The molecule has 0 rings (SSSR count). The predicted molar refractivity (Wildman–Crippen MR) is 43.1 cm³/mol. The highest BCUT2D eigenvalue weighted by Crippen LogP contribution is 2.31. The third-order valence-electron chi connectivity index (χ3n) is 1.68. The fraction of sp³-hybridized carbons (Fsp3) is 1.00. The molecule has 0 N–H and O–H groups in total. The van der Waals surface area contributed by atoms with E-state index in [0.29, 0.717) is 11.8 Å². The largest absolute Gasteiger partial charge is 0.307 e. The Balaban J connectivity index is 4.02. The van der Waals surface area contributed by atoms with Crippen LogP contribution in [0.5, 0.6) is 0 Å². The number of hydrogen-bond donors (Lipinski definition) is 0. The van der Waals surface area contributed by atoms with Gasteiger partial charge in [0, 0.05) is 11.8 Å². The number of alkyl halides is 5. The minimum Gasteiger partial charge on any atom is -0.204 e. The van der Waals surface area contributed by atoms with Gasteiger partial charge >= 0.3 is 12.3 Å². The molecule has 0 spiro atoms. The van der Waals surface area contributed by atoms with Crippen molar-refractivity contribution in [3.8, 4) is 0 Å². The SMILES string of the molecule is CCC(CBr)CC(F)(F)C(F)F. The third-order valence-corrected chi connectivity index (χ3v) is 2.59. The smallest absolute Gasteiger partial charge is 0.204 e. The molecule has 0 amide bonds. The summed E-state index contributed by atoms with van der Waals surface area (Å²) in [4.78, 5) is 0. The maximum absolute atomic E-state index is 12.4. The van der Waals surface area contributed by atoms with E-state index in [2.05, 4.69) is 15.9 Å². The lowest BCUT2D eigenvalue weighted by Gasteiger charge is -2.19. The van der Waals surface area contributed by atoms with Crippen molar-refractivity contribution in [2.24, 2.45) is 5.92 Å². The first-order chi connectivity index (χ1) is 5.44. The van der Waals surface area contributed by atoms with Crippen LogP contribution in [0.4, 0.5) is 17.6 Å². The van der Waals surface area contributed by atoms with Crippen molar-refractivity contribution in [1.82, 2.24) is 0 Å². The molecule has 0 aromatic carbocycles. The van der Waals surface area contributed by atoms with Gasteiger partial charge in [0.1, 0.15) is 0 Å². The molecule has 0 saturated carbocycles. The van der Waals surface area contributed by atoms with Crippen molar-refractivity contribution in [1.29, 1.82) is 0 Å². The molecule has 1 atom stereocenters. The molecule has 5 heteroatoms. The lowest BCUT2D eigenvalue weighted by molar-refractivity contribution is -0.139. The Morgan fingerprint density at radius 1 is 1.33 bits per heavy atom. The van der Waals surface area contributed by atoms with Crippen LogP contribution in [0.2, 0.25) is 0 Å². The molecular weight excluding hydrogens is 240 g/mol. The van der Waals surface area contributed by atoms with E-state index in [-0.39, 0.29) is 5.92 Å². The second-order valence-electron chi connectivity index (χ2n) is 2.69. The average molecular weight is 251 g/mol. The minimum atomic E-state index is -3.84. The van der Waals surface area contributed by atoms with E-state index in [1.54, 1.807) is 6.92 Å². The van der Waals surface area contributed by atoms with Crippen molar-refractivity contribution < 1.29 is 17.6 Å². The summed E-state index contributed by atoms with van der Waals surface area (Å²) in [5.74, 6) is -4.22. The molecule has 0 nitrogen and oxygen atoms in total. The Bertz CT molecular complexity index is 123. The van der Waals surface area contributed by atoms with Crippen LogP contribution in [-0.4, -0.2) is 17.7 Å². The van der Waals surface area contributed by atoms with E-state index in [0.717, 1.165) is 0 Å². The van der Waals surface area contributed by atoms with Gasteiger partial charge in [-0.3, -0.25) is 0 Å². The Hall–Kier alpha value is 0.200. The maximum Gasteiger partial charge on any atom is 0.307 e. The zero-order chi connectivity index (χ0) is 9.78. The molecule has 0 aliphatic heterocycles. The Labute approximate surface area is 77.5 Å². The molecule has 0 heterocycles. The van der Waals surface area contributed by atoms with E-state index in [9.17, 15) is 17.6 Å². The second kappa shape index (κ2) is 5.04. The number of rotatable bonds is 5. The van der Waals surface area contributed by atoms with Gasteiger partial charge in [-0.05, 0) is 5.92 Å². The number of halogens is 5. The summed E-state index contributed by atoms with van der Waals surface area (Å²) in [5.41, 5.74) is 0. The van der Waals surface area contributed by atoms with Gasteiger partial charge in [-0.25, -0.2) is 17.6 Å². The zero-order valence-electron chi connectivity index (χ0n) is 6.67. The topological polar surface area (TPSA) is 0 Å². The number of hydrogen-bond acceptors (Lipinski definition) is 0. The summed E-state index contributed by atoms with van der Waals surface area (Å²) in [6.07, 6.45) is -3.81. The summed E-state index contributed by atoms with van der Waals surface area (Å²) in [6.45, 7) is 1.70. The average Bonchev–Trinajstić information content (AvgIpc) is 2.00. The van der Waals surface area contributed by atoms with Gasteiger partial charge in [-0.2, -0.15) is 0 Å². The highest BCUT2D eigenvalue weighted by atomic mass is 79.9. The summed E-state index contributed by atoms with van der Waals surface area (Å²) >= 11 is 3.00. The Morgan fingerprint density at radius 3 is 2.08 bits per heavy atom. The normalized spacial score (nSPS) is 15.2. The molecule has 0 aromatic heterocycles. The quantitative estimate of drug-likeness (QED) is 0.516. The van der Waals surface area contributed by atoms with E-state index in [1.807, 2.05) is 0 Å². The first-order valence-electron chi connectivity index (χ1n) is 3.66. The molecule has 0 bridgehead atoms. The molecule has 0 saturated heterocycles. The first kappa shape index (κ1) is 12.2. The summed E-state index contributed by atoms with van der Waals surface area (Å²) in [5, 5.41) is 0.339. The molecule has 12 heavy (non-hydrogen) atoms. The van der Waals surface area contributed by atoms with Gasteiger partial charge in [0.15, 0.2) is 0 Å². The summed E-state index contributed by atoms with van der Waals surface area (Å²) in [7, 11) is 0. The van der Waals surface area contributed by atoms with E-state index < -0.39 is 18.8 Å². The van der Waals surface area contributed by atoms with Gasteiger partial charge in [0.25, 0.3) is 0 Å². The molecule has 1 unspecified atom stereocenters. The lowest BCUT2D eigenvalue weighted by atomic mass is 10.0. The molecule has 0 aliphatic rings. The predicted octanol–water partition coefficient (Wildman–Crippen LogP) is 3.70. The molecule has 0 aliphatic carbocycles. The fourth-order valence-electron chi connectivity index (χ4n) is 0.782. The highest BCUT2D eigenvalue weighted by Gasteiger charge is 2.41. The van der Waals surface area contributed by atoms with E-state index in [1.165, 1.54) is 0 Å². The van der Waals surface area contributed by atoms with Gasteiger partial charge in [-0.15, -0.1) is 0 Å². The van der Waals surface area contributed by atoms with Crippen LogP contribution in [0.1, 0.15) is 19.8 Å². The standard InChI is InChI=1S/C7H11BrF4/c1-2-5(4-8)3-7(11,12)6(9)10/h5-6H,2-4H2,1H3. The Morgan fingerprint density at radius 2 is 1.83 bits per heavy atom. The molecule has 0 radical (unpaired) electrons. The van der Waals surface area contributed by atoms with Crippen LogP contribution in [0, 0.1) is 5.92 Å². The zero-order valence-corrected chi connectivity index (χ0v) is 8.25. The van der Waals surface area contributed by atoms with E-state index in [4.69, 9.17) is 0 Å². The first-order valence-corrected chi connectivity index (χ1v) is 4.78. The van der Waals surface area contributed by atoms with Gasteiger partial charge in [-0.1, -0.05) is 29.3 Å². The van der Waals surface area contributed by atoms with Crippen molar-refractivity contribution in [2.45, 2.75) is 32.1 Å². The van der Waals surface area contributed by atoms with Crippen LogP contribution < -0.4 is 0 Å². The van der Waals surface area contributed by atoms with Gasteiger partial charge in [0.2, 0.25) is 0 Å². The second-order valence-corrected chi connectivity index (χ2v) is 3.34. The van der Waals surface area contributed by atoms with Crippen molar-refractivity contribution in [2.75, 3.05) is 5.33 Å². The maximum atomic E-state index is 12.4. The van der Waals surface area contributed by atoms with Crippen LogP contribution >= 0.6 is 15.9 Å². The minimum absolute atomic E-state index is 0.339. The van der Waals surface area contributed by atoms with Gasteiger partial charge in [0.05, 0.1) is 0 Å². The van der Waals surface area contributed by atoms with Crippen LogP contribution in [0.3, 0.4) is 0 Å². The highest BCUT2D eigenvalue weighted by molar-refractivity contribution is 9.09. The molecule has 0 fully saturated rings. The van der Waals surface area contributed by atoms with Crippen molar-refractivity contribution in [3.05, 3.63) is 0 Å². The van der Waals surface area contributed by atoms with Gasteiger partial charge < -0.3 is 0 Å². The Kier molecular flexibility index (Phi) is 5.13. The molecule has 74 valence electrons. The van der Waals surface area contributed by atoms with Crippen LogP contribution in [0.15, 0.2) is 0 Å². The summed E-state index contributed by atoms with van der Waals surface area (Å²) in [6, 6.07) is 0. The van der Waals surface area contributed by atoms with E-state index >= 15 is 0 Å². The molecular formula is C7H11BrF4. The lowest BCUT2D eigenvalue weighted by Crippen LogP contribution is -2.29. The van der Waals surface area contributed by atoms with Crippen LogP contribution in [0.25, 0.3) is 0 Å². The van der Waals surface area contributed by atoms with Crippen LogP contribution in [-0.2, 0) is 0 Å². The van der Waals surface area contributed by atoms with Crippen molar-refractivity contribution in [3.63, 3.8) is 0 Å². The third kappa shape index (κ3) is 3.74. The fourth-order valence-corrected chi connectivity index (χ4v) is 1.47. The summed E-state index contributed by atoms with van der Waals surface area (Å²) < 4.78 is 48.2. The molecule has 0 aromatic rings. The monoisotopic (exact) mass is 250 g/mol. The van der Waals surface area contributed by atoms with Crippen molar-refractivity contribution >= 4 is 15.9 Å².